The van der Waals surface area contributed by atoms with Crippen LogP contribution in [-0.2, 0) is 6.18 Å². The van der Waals surface area contributed by atoms with Crippen molar-refractivity contribution in [3.8, 4) is 0 Å². The van der Waals surface area contributed by atoms with Crippen molar-refractivity contribution in [2.45, 2.75) is 37.9 Å². The molecule has 1 aliphatic carbocycles. The number of nitrogens with one attached hydrogen (secondary N) is 1. The van der Waals surface area contributed by atoms with Crippen LogP contribution in [0.2, 0.25) is 0 Å². The van der Waals surface area contributed by atoms with Crippen molar-refractivity contribution in [1.29, 1.82) is 0 Å². The first kappa shape index (κ1) is 14.2. The maximum atomic E-state index is 12.5. The summed E-state index contributed by atoms with van der Waals surface area (Å²) < 4.78 is 37.4. The summed E-state index contributed by atoms with van der Waals surface area (Å²) in [5.74, 6) is 0.535. The number of rotatable bonds is 4. The third-order valence-corrected chi connectivity index (χ3v) is 3.79. The molecule has 0 aliphatic heterocycles. The van der Waals surface area contributed by atoms with Gasteiger partial charge in [0.1, 0.15) is 0 Å². The fourth-order valence-electron chi connectivity index (χ4n) is 2.70. The number of anilines is 1. The van der Waals surface area contributed by atoms with Crippen molar-refractivity contribution in [3.05, 3.63) is 29.8 Å². The molecule has 0 aromatic heterocycles. The van der Waals surface area contributed by atoms with Crippen LogP contribution in [0.4, 0.5) is 18.9 Å². The molecule has 1 saturated carbocycles. The van der Waals surface area contributed by atoms with Gasteiger partial charge in [-0.05, 0) is 43.0 Å². The number of hydrogen-bond donors (Lipinski definition) is 2. The minimum Gasteiger partial charge on any atom is -0.381 e. The summed E-state index contributed by atoms with van der Waals surface area (Å²) in [5, 5.41) is 3.26. The molecular weight excluding hydrogens is 253 g/mol. The fourth-order valence-corrected chi connectivity index (χ4v) is 2.70. The molecule has 5 heteroatoms. The van der Waals surface area contributed by atoms with Gasteiger partial charge in [0.05, 0.1) is 5.56 Å². The molecule has 19 heavy (non-hydrogen) atoms. The highest BCUT2D eigenvalue weighted by atomic mass is 19.4. The van der Waals surface area contributed by atoms with Gasteiger partial charge in [0, 0.05) is 18.3 Å². The monoisotopic (exact) mass is 272 g/mol. The van der Waals surface area contributed by atoms with Gasteiger partial charge in [-0.25, -0.2) is 0 Å². The Kier molecular flexibility index (Phi) is 4.34. The van der Waals surface area contributed by atoms with Crippen LogP contribution in [0.5, 0.6) is 0 Å². The van der Waals surface area contributed by atoms with Crippen LogP contribution in [0.15, 0.2) is 24.3 Å². The van der Waals surface area contributed by atoms with Crippen molar-refractivity contribution in [1.82, 2.24) is 0 Å². The molecule has 106 valence electrons. The molecule has 1 unspecified atom stereocenters. The highest BCUT2D eigenvalue weighted by Gasteiger charge is 2.30. The van der Waals surface area contributed by atoms with Crippen molar-refractivity contribution in [2.24, 2.45) is 11.7 Å². The normalized spacial score (nSPS) is 18.5. The van der Waals surface area contributed by atoms with Gasteiger partial charge in [-0.1, -0.05) is 12.8 Å². The summed E-state index contributed by atoms with van der Waals surface area (Å²) in [6.07, 6.45) is 0.452. The van der Waals surface area contributed by atoms with E-state index in [4.69, 9.17) is 5.73 Å². The van der Waals surface area contributed by atoms with Gasteiger partial charge < -0.3 is 11.1 Å². The van der Waals surface area contributed by atoms with E-state index in [-0.39, 0.29) is 6.04 Å². The molecule has 0 radical (unpaired) electrons. The summed E-state index contributed by atoms with van der Waals surface area (Å²) in [4.78, 5) is 0. The lowest BCUT2D eigenvalue weighted by molar-refractivity contribution is -0.137. The Morgan fingerprint density at radius 2 is 1.74 bits per heavy atom. The molecule has 2 rings (SSSR count). The number of nitrogens with two attached hydrogens (primary N) is 1. The standard InChI is InChI=1S/C14H19F3N2/c15-14(16,17)11-5-7-12(8-6-11)19-13(9-18)10-3-1-2-4-10/h5-8,10,13,19H,1-4,9,18H2. The number of benzene rings is 1. The van der Waals surface area contributed by atoms with Crippen LogP contribution in [0.25, 0.3) is 0 Å². The molecule has 3 N–H and O–H groups in total. The van der Waals surface area contributed by atoms with Crippen LogP contribution in [-0.4, -0.2) is 12.6 Å². The molecular formula is C14H19F3N2. The minimum absolute atomic E-state index is 0.152. The Morgan fingerprint density at radius 3 is 2.21 bits per heavy atom. The van der Waals surface area contributed by atoms with Crippen LogP contribution < -0.4 is 11.1 Å². The van der Waals surface area contributed by atoms with Crippen molar-refractivity contribution >= 4 is 5.69 Å². The Labute approximate surface area is 111 Å². The lowest BCUT2D eigenvalue weighted by Gasteiger charge is -2.24. The van der Waals surface area contributed by atoms with E-state index in [1.165, 1.54) is 25.0 Å². The molecule has 1 aromatic carbocycles. The van der Waals surface area contributed by atoms with E-state index in [2.05, 4.69) is 5.32 Å². The van der Waals surface area contributed by atoms with Gasteiger partial charge in [0.2, 0.25) is 0 Å². The van der Waals surface area contributed by atoms with E-state index in [0.717, 1.165) is 25.0 Å². The zero-order valence-corrected chi connectivity index (χ0v) is 10.7. The first-order valence-corrected chi connectivity index (χ1v) is 6.64. The Morgan fingerprint density at radius 1 is 1.16 bits per heavy atom. The average molecular weight is 272 g/mol. The second-order valence-electron chi connectivity index (χ2n) is 5.11. The Balaban J connectivity index is 2.01. The molecule has 1 atom stereocenters. The summed E-state index contributed by atoms with van der Waals surface area (Å²) in [7, 11) is 0. The van der Waals surface area contributed by atoms with E-state index in [1.807, 2.05) is 0 Å². The zero-order valence-electron chi connectivity index (χ0n) is 10.7. The van der Waals surface area contributed by atoms with Gasteiger partial charge in [0.15, 0.2) is 0 Å². The molecule has 0 spiro atoms. The number of hydrogen-bond acceptors (Lipinski definition) is 2. The van der Waals surface area contributed by atoms with Gasteiger partial charge in [-0.3, -0.25) is 0 Å². The van der Waals surface area contributed by atoms with Crippen molar-refractivity contribution < 1.29 is 13.2 Å². The number of alkyl halides is 3. The molecule has 2 nitrogen and oxygen atoms in total. The van der Waals surface area contributed by atoms with Crippen molar-refractivity contribution in [3.63, 3.8) is 0 Å². The maximum Gasteiger partial charge on any atom is 0.416 e. The van der Waals surface area contributed by atoms with Crippen LogP contribution in [0, 0.1) is 5.92 Å². The molecule has 0 amide bonds. The fraction of sp³-hybridized carbons (Fsp3) is 0.571. The van der Waals surface area contributed by atoms with E-state index >= 15 is 0 Å². The lowest BCUT2D eigenvalue weighted by atomic mass is 9.98. The molecule has 1 aromatic rings. The maximum absolute atomic E-state index is 12.5. The quantitative estimate of drug-likeness (QED) is 0.878. The summed E-state index contributed by atoms with van der Waals surface area (Å²) >= 11 is 0. The second-order valence-corrected chi connectivity index (χ2v) is 5.11. The van der Waals surface area contributed by atoms with Crippen LogP contribution in [0.1, 0.15) is 31.2 Å². The molecule has 0 heterocycles. The van der Waals surface area contributed by atoms with E-state index < -0.39 is 11.7 Å². The van der Waals surface area contributed by atoms with E-state index in [0.29, 0.717) is 18.2 Å². The highest BCUT2D eigenvalue weighted by Crippen LogP contribution is 2.31. The topological polar surface area (TPSA) is 38.0 Å². The average Bonchev–Trinajstić information content (AvgIpc) is 2.89. The van der Waals surface area contributed by atoms with Gasteiger partial charge in [0.25, 0.3) is 0 Å². The molecule has 0 bridgehead atoms. The zero-order chi connectivity index (χ0) is 13.9. The van der Waals surface area contributed by atoms with Crippen molar-refractivity contribution in [2.75, 3.05) is 11.9 Å². The molecule has 1 aliphatic rings. The van der Waals surface area contributed by atoms with Crippen LogP contribution in [0.3, 0.4) is 0 Å². The smallest absolute Gasteiger partial charge is 0.381 e. The highest BCUT2D eigenvalue weighted by molar-refractivity contribution is 5.46. The predicted octanol–water partition coefficient (Wildman–Crippen LogP) is 3.63. The largest absolute Gasteiger partial charge is 0.416 e. The summed E-state index contributed by atoms with van der Waals surface area (Å²) in [6.45, 7) is 0.506. The Bertz CT molecular complexity index is 394. The predicted molar refractivity (Wildman–Crippen MR) is 69.9 cm³/mol. The molecule has 0 saturated heterocycles. The van der Waals surface area contributed by atoms with Gasteiger partial charge in [-0.15, -0.1) is 0 Å². The lowest BCUT2D eigenvalue weighted by Crippen LogP contribution is -2.35. The molecule has 1 fully saturated rings. The third-order valence-electron chi connectivity index (χ3n) is 3.79. The first-order chi connectivity index (χ1) is 9.00. The van der Waals surface area contributed by atoms with E-state index in [1.54, 1.807) is 0 Å². The SMILES string of the molecule is NCC(Nc1ccc(C(F)(F)F)cc1)C1CCCC1. The van der Waals surface area contributed by atoms with Gasteiger partial charge >= 0.3 is 6.18 Å². The Hall–Kier alpha value is -1.23. The first-order valence-electron chi connectivity index (χ1n) is 6.64. The van der Waals surface area contributed by atoms with Crippen LogP contribution >= 0.6 is 0 Å². The minimum atomic E-state index is -4.28. The van der Waals surface area contributed by atoms with Gasteiger partial charge in [-0.2, -0.15) is 13.2 Å². The second kappa shape index (κ2) is 5.82. The summed E-state index contributed by atoms with van der Waals surface area (Å²) in [6, 6.07) is 5.30. The van der Waals surface area contributed by atoms with E-state index in [9.17, 15) is 13.2 Å². The summed E-state index contributed by atoms with van der Waals surface area (Å²) in [5.41, 5.74) is 5.84. The third kappa shape index (κ3) is 3.62. The number of halogens is 3.